The highest BCUT2D eigenvalue weighted by Gasteiger charge is 2.18. The first-order valence-corrected chi connectivity index (χ1v) is 9.57. The molecule has 2 aromatic carbocycles. The van der Waals surface area contributed by atoms with E-state index in [1.54, 1.807) is 30.3 Å². The number of ether oxygens (including phenoxy) is 1. The minimum atomic E-state index is -0.906. The van der Waals surface area contributed by atoms with Crippen molar-refractivity contribution in [2.75, 3.05) is 6.54 Å². The van der Waals surface area contributed by atoms with Gasteiger partial charge >= 0.3 is 17.2 Å². The molecule has 0 aliphatic rings. The highest BCUT2D eigenvalue weighted by Crippen LogP contribution is 2.22. The third-order valence-electron chi connectivity index (χ3n) is 4.56. The van der Waals surface area contributed by atoms with Gasteiger partial charge in [-0.25, -0.2) is 14.4 Å². The summed E-state index contributed by atoms with van der Waals surface area (Å²) < 4.78 is 15.6. The predicted molar refractivity (Wildman–Crippen MR) is 113 cm³/mol. The minimum Gasteiger partial charge on any atom is -0.423 e. The van der Waals surface area contributed by atoms with Crippen LogP contribution in [-0.4, -0.2) is 18.4 Å². The van der Waals surface area contributed by atoms with E-state index in [4.69, 9.17) is 13.6 Å². The first-order chi connectivity index (χ1) is 15.0. The van der Waals surface area contributed by atoms with E-state index in [2.05, 4.69) is 5.32 Å². The van der Waals surface area contributed by atoms with E-state index >= 15 is 0 Å². The minimum absolute atomic E-state index is 0.0661. The Morgan fingerprint density at radius 1 is 0.871 bits per heavy atom. The zero-order valence-electron chi connectivity index (χ0n) is 16.5. The average Bonchev–Trinajstić information content (AvgIpc) is 2.76. The lowest BCUT2D eigenvalue weighted by Gasteiger charge is -2.07. The van der Waals surface area contributed by atoms with Crippen molar-refractivity contribution in [2.24, 2.45) is 0 Å². The highest BCUT2D eigenvalue weighted by atomic mass is 16.5. The zero-order valence-corrected chi connectivity index (χ0v) is 16.5. The Labute approximate surface area is 175 Å². The molecule has 0 spiro atoms. The van der Waals surface area contributed by atoms with E-state index in [1.807, 2.05) is 6.92 Å². The van der Waals surface area contributed by atoms with Crippen LogP contribution in [0.1, 0.15) is 34.1 Å². The summed E-state index contributed by atoms with van der Waals surface area (Å²) in [6.45, 7) is 2.34. The predicted octanol–water partition coefficient (Wildman–Crippen LogP) is 3.26. The van der Waals surface area contributed by atoms with Crippen LogP contribution in [0.3, 0.4) is 0 Å². The smallest absolute Gasteiger partial charge is 0.351 e. The van der Waals surface area contributed by atoms with Crippen LogP contribution in [0.5, 0.6) is 5.75 Å². The van der Waals surface area contributed by atoms with Gasteiger partial charge in [0.05, 0.1) is 0 Å². The molecule has 4 aromatic rings. The number of fused-ring (bicyclic) bond motifs is 2. The SMILES string of the molecule is CCCNC(=O)c1cc2ccc(OC(=O)c3cc4ccccc4oc3=O)cc2oc1=O. The van der Waals surface area contributed by atoms with E-state index in [-0.39, 0.29) is 22.5 Å². The molecule has 0 atom stereocenters. The standard InChI is InChI=1S/C23H17NO7/c1-2-9-24-20(25)16-10-14-7-8-15(12-19(14)31-21(16)26)29-22(27)17-11-13-5-3-4-6-18(13)30-23(17)28/h3-8,10-12H,2,9H2,1H3,(H,24,25). The van der Waals surface area contributed by atoms with Gasteiger partial charge in [0, 0.05) is 23.4 Å². The molecule has 0 aliphatic carbocycles. The van der Waals surface area contributed by atoms with Crippen LogP contribution >= 0.6 is 0 Å². The van der Waals surface area contributed by atoms with E-state index in [9.17, 15) is 19.2 Å². The van der Waals surface area contributed by atoms with Crippen LogP contribution in [-0.2, 0) is 0 Å². The largest absolute Gasteiger partial charge is 0.423 e. The van der Waals surface area contributed by atoms with Crippen molar-refractivity contribution in [1.29, 1.82) is 0 Å². The number of para-hydroxylation sites is 1. The number of esters is 1. The van der Waals surface area contributed by atoms with E-state index in [1.165, 1.54) is 24.3 Å². The number of benzene rings is 2. The van der Waals surface area contributed by atoms with Crippen molar-refractivity contribution in [2.45, 2.75) is 13.3 Å². The Balaban J connectivity index is 1.62. The van der Waals surface area contributed by atoms with Gasteiger partial charge in [0.1, 0.15) is 28.0 Å². The van der Waals surface area contributed by atoms with Crippen molar-refractivity contribution in [3.63, 3.8) is 0 Å². The molecule has 8 nitrogen and oxygen atoms in total. The third-order valence-corrected chi connectivity index (χ3v) is 4.56. The summed E-state index contributed by atoms with van der Waals surface area (Å²) in [5, 5.41) is 3.68. The van der Waals surface area contributed by atoms with Crippen LogP contribution in [0, 0.1) is 0 Å². The van der Waals surface area contributed by atoms with Gasteiger partial charge in [-0.2, -0.15) is 0 Å². The topological polar surface area (TPSA) is 116 Å². The second-order valence-corrected chi connectivity index (χ2v) is 6.78. The molecule has 0 unspecified atom stereocenters. The van der Waals surface area contributed by atoms with Crippen LogP contribution in [0.15, 0.2) is 73.0 Å². The summed E-state index contributed by atoms with van der Waals surface area (Å²) in [5.74, 6) is -1.36. The lowest BCUT2D eigenvalue weighted by atomic mass is 10.1. The maximum absolute atomic E-state index is 12.5. The number of nitrogens with one attached hydrogen (secondary N) is 1. The fraction of sp³-hybridized carbons (Fsp3) is 0.130. The summed E-state index contributed by atoms with van der Waals surface area (Å²) in [6.07, 6.45) is 0.731. The molecular weight excluding hydrogens is 402 g/mol. The summed E-state index contributed by atoms with van der Waals surface area (Å²) in [6, 6.07) is 13.9. The Bertz CT molecular complexity index is 1430. The molecule has 2 heterocycles. The van der Waals surface area contributed by atoms with Gasteiger partial charge in [-0.1, -0.05) is 25.1 Å². The second kappa shape index (κ2) is 8.27. The summed E-state index contributed by atoms with van der Waals surface area (Å²) in [5.41, 5.74) is -1.51. The molecule has 31 heavy (non-hydrogen) atoms. The second-order valence-electron chi connectivity index (χ2n) is 6.78. The molecule has 0 radical (unpaired) electrons. The molecule has 0 bridgehead atoms. The Kier molecular flexibility index (Phi) is 5.36. The molecule has 0 fully saturated rings. The summed E-state index contributed by atoms with van der Waals surface area (Å²) in [7, 11) is 0. The molecule has 156 valence electrons. The van der Waals surface area contributed by atoms with Crippen molar-refractivity contribution < 1.29 is 23.2 Å². The maximum atomic E-state index is 12.5. The Morgan fingerprint density at radius 3 is 2.35 bits per heavy atom. The van der Waals surface area contributed by atoms with E-state index < -0.39 is 23.1 Å². The molecule has 4 rings (SSSR count). The van der Waals surface area contributed by atoms with Crippen molar-refractivity contribution in [1.82, 2.24) is 5.32 Å². The molecule has 8 heteroatoms. The Hall–Kier alpha value is -4.20. The normalized spacial score (nSPS) is 10.9. The van der Waals surface area contributed by atoms with Gasteiger partial charge in [0.15, 0.2) is 0 Å². The van der Waals surface area contributed by atoms with Gasteiger partial charge in [0.2, 0.25) is 0 Å². The zero-order chi connectivity index (χ0) is 22.0. The first-order valence-electron chi connectivity index (χ1n) is 9.57. The van der Waals surface area contributed by atoms with Gasteiger partial charge in [-0.15, -0.1) is 0 Å². The van der Waals surface area contributed by atoms with Gasteiger partial charge in [-0.3, -0.25) is 4.79 Å². The number of carbonyl (C=O) groups is 2. The van der Waals surface area contributed by atoms with Crippen molar-refractivity contribution >= 4 is 33.8 Å². The molecule has 1 N–H and O–H groups in total. The fourth-order valence-electron chi connectivity index (χ4n) is 3.01. The summed E-state index contributed by atoms with van der Waals surface area (Å²) in [4.78, 5) is 48.9. The molecule has 1 amide bonds. The number of hydrogen-bond donors (Lipinski definition) is 1. The third kappa shape index (κ3) is 4.09. The number of amides is 1. The molecule has 2 aromatic heterocycles. The number of rotatable bonds is 5. The number of hydrogen-bond acceptors (Lipinski definition) is 7. The fourth-order valence-corrected chi connectivity index (χ4v) is 3.01. The van der Waals surface area contributed by atoms with Crippen LogP contribution in [0.25, 0.3) is 21.9 Å². The monoisotopic (exact) mass is 419 g/mol. The van der Waals surface area contributed by atoms with Crippen molar-refractivity contribution in [3.8, 4) is 5.75 Å². The van der Waals surface area contributed by atoms with E-state index in [0.29, 0.717) is 22.9 Å². The van der Waals surface area contributed by atoms with Crippen LogP contribution < -0.4 is 21.3 Å². The van der Waals surface area contributed by atoms with Crippen LogP contribution in [0.2, 0.25) is 0 Å². The van der Waals surface area contributed by atoms with Crippen molar-refractivity contribution in [3.05, 3.63) is 86.6 Å². The van der Waals surface area contributed by atoms with Gasteiger partial charge < -0.3 is 18.9 Å². The Morgan fingerprint density at radius 2 is 1.55 bits per heavy atom. The van der Waals surface area contributed by atoms with Gasteiger partial charge in [-0.05, 0) is 36.8 Å². The highest BCUT2D eigenvalue weighted by molar-refractivity contribution is 5.97. The molecule has 0 aliphatic heterocycles. The number of carbonyl (C=O) groups excluding carboxylic acids is 2. The first kappa shape index (κ1) is 20.1. The lowest BCUT2D eigenvalue weighted by molar-refractivity contribution is 0.0730. The molecule has 0 saturated carbocycles. The van der Waals surface area contributed by atoms with Gasteiger partial charge in [0.25, 0.3) is 5.91 Å². The molecular formula is C23H17NO7. The lowest BCUT2D eigenvalue weighted by Crippen LogP contribution is -2.28. The maximum Gasteiger partial charge on any atom is 0.351 e. The van der Waals surface area contributed by atoms with Crippen LogP contribution in [0.4, 0.5) is 0 Å². The average molecular weight is 419 g/mol. The quantitative estimate of drug-likeness (QED) is 0.300. The van der Waals surface area contributed by atoms with E-state index in [0.717, 1.165) is 6.42 Å². The molecule has 0 saturated heterocycles. The summed E-state index contributed by atoms with van der Waals surface area (Å²) >= 11 is 0.